The molecule has 2 heterocycles. The van der Waals surface area contributed by atoms with Crippen molar-refractivity contribution < 1.29 is 4.79 Å². The van der Waals surface area contributed by atoms with Gasteiger partial charge < -0.3 is 0 Å². The average Bonchev–Trinajstić information content (AvgIpc) is 3.26. The number of hydrogen-bond donors (Lipinski definition) is 1. The second kappa shape index (κ2) is 8.59. The summed E-state index contributed by atoms with van der Waals surface area (Å²) in [6.07, 6.45) is 1.66. The maximum absolute atomic E-state index is 13.0. The molecule has 2 aromatic heterocycles. The predicted octanol–water partition coefficient (Wildman–Crippen LogP) is 6.16. The third kappa shape index (κ3) is 4.31. The van der Waals surface area contributed by atoms with Crippen LogP contribution in [0.25, 0.3) is 22.2 Å². The van der Waals surface area contributed by atoms with E-state index in [9.17, 15) is 4.79 Å². The number of amides is 1. The molecule has 1 N–H and O–H groups in total. The number of carbonyl (C=O) groups excluding carboxylic acids is 1. The van der Waals surface area contributed by atoms with E-state index < -0.39 is 0 Å². The second-order valence-corrected chi connectivity index (χ2v) is 8.55. The van der Waals surface area contributed by atoms with Crippen LogP contribution in [0.1, 0.15) is 46.1 Å². The fourth-order valence-electron chi connectivity index (χ4n) is 3.29. The SMILES string of the molecule is Cc1ccc2nc(-c3ccc(C(C)C)cc3)cc(C(=O)NN=Cc3cccs3)c2c1. The molecule has 0 bridgehead atoms. The summed E-state index contributed by atoms with van der Waals surface area (Å²) in [5.74, 6) is 0.218. The number of nitrogens with zero attached hydrogens (tertiary/aromatic N) is 2. The molecule has 2 aromatic carbocycles. The Hall–Kier alpha value is -3.31. The first-order valence-electron chi connectivity index (χ1n) is 9.90. The van der Waals surface area contributed by atoms with Crippen LogP contribution in [0, 0.1) is 6.92 Å². The summed E-state index contributed by atoms with van der Waals surface area (Å²) in [6, 6.07) is 20.1. The summed E-state index contributed by atoms with van der Waals surface area (Å²) in [6.45, 7) is 6.35. The topological polar surface area (TPSA) is 54.4 Å². The maximum atomic E-state index is 13.0. The Morgan fingerprint density at radius 3 is 2.60 bits per heavy atom. The van der Waals surface area contributed by atoms with Gasteiger partial charge in [0.1, 0.15) is 0 Å². The summed E-state index contributed by atoms with van der Waals surface area (Å²) in [4.78, 5) is 18.8. The quantitative estimate of drug-likeness (QED) is 0.315. The van der Waals surface area contributed by atoms with E-state index in [1.54, 1.807) is 17.6 Å². The van der Waals surface area contributed by atoms with Gasteiger partial charge in [-0.2, -0.15) is 5.10 Å². The monoisotopic (exact) mass is 413 g/mol. The first-order chi connectivity index (χ1) is 14.5. The number of hydrogen-bond acceptors (Lipinski definition) is 4. The van der Waals surface area contributed by atoms with Crippen molar-refractivity contribution in [3.63, 3.8) is 0 Å². The molecule has 0 aliphatic carbocycles. The molecule has 0 aliphatic rings. The van der Waals surface area contributed by atoms with Gasteiger partial charge in [-0.25, -0.2) is 10.4 Å². The molecule has 5 heteroatoms. The average molecular weight is 414 g/mol. The van der Waals surface area contributed by atoms with Gasteiger partial charge in [-0.1, -0.05) is 55.8 Å². The number of carbonyl (C=O) groups is 1. The molecule has 1 amide bonds. The Bertz CT molecular complexity index is 1210. The molecule has 0 unspecified atom stereocenters. The van der Waals surface area contributed by atoms with Crippen molar-refractivity contribution in [2.45, 2.75) is 26.7 Å². The van der Waals surface area contributed by atoms with Crippen LogP contribution in [0.4, 0.5) is 0 Å². The first-order valence-corrected chi connectivity index (χ1v) is 10.8. The lowest BCUT2D eigenvalue weighted by atomic mass is 9.99. The van der Waals surface area contributed by atoms with E-state index in [4.69, 9.17) is 4.98 Å². The van der Waals surface area contributed by atoms with E-state index in [1.807, 2.05) is 48.7 Å². The van der Waals surface area contributed by atoms with Crippen molar-refractivity contribution in [3.8, 4) is 11.3 Å². The van der Waals surface area contributed by atoms with E-state index in [-0.39, 0.29) is 5.91 Å². The molecule has 0 aliphatic heterocycles. The van der Waals surface area contributed by atoms with Crippen molar-refractivity contribution in [1.82, 2.24) is 10.4 Å². The molecule has 0 saturated carbocycles. The third-order valence-corrected chi connectivity index (χ3v) is 5.79. The fourth-order valence-corrected chi connectivity index (χ4v) is 3.88. The minimum Gasteiger partial charge on any atom is -0.267 e. The van der Waals surface area contributed by atoms with Gasteiger partial charge >= 0.3 is 0 Å². The number of rotatable bonds is 5. The van der Waals surface area contributed by atoms with Gasteiger partial charge in [0.05, 0.1) is 23.0 Å². The molecule has 0 atom stereocenters. The highest BCUT2D eigenvalue weighted by Crippen LogP contribution is 2.27. The lowest BCUT2D eigenvalue weighted by molar-refractivity contribution is 0.0957. The van der Waals surface area contributed by atoms with Gasteiger partial charge in [0.2, 0.25) is 0 Å². The van der Waals surface area contributed by atoms with Crippen LogP contribution in [0.5, 0.6) is 0 Å². The summed E-state index contributed by atoms with van der Waals surface area (Å²) in [5, 5.41) is 6.91. The number of nitrogens with one attached hydrogen (secondary N) is 1. The molecular formula is C25H23N3OS. The predicted molar refractivity (Wildman–Crippen MR) is 125 cm³/mol. The largest absolute Gasteiger partial charge is 0.272 e. The summed E-state index contributed by atoms with van der Waals surface area (Å²) in [5.41, 5.74) is 8.12. The van der Waals surface area contributed by atoms with Crippen LogP contribution < -0.4 is 5.43 Å². The highest BCUT2D eigenvalue weighted by Gasteiger charge is 2.14. The van der Waals surface area contributed by atoms with E-state index in [0.717, 1.165) is 32.6 Å². The number of thiophene rings is 1. The third-order valence-electron chi connectivity index (χ3n) is 4.98. The molecule has 4 aromatic rings. The zero-order chi connectivity index (χ0) is 21.1. The Kier molecular flexibility index (Phi) is 5.72. The molecule has 0 saturated heterocycles. The minimum absolute atomic E-state index is 0.249. The van der Waals surface area contributed by atoms with Crippen molar-refractivity contribution in [3.05, 3.63) is 87.6 Å². The van der Waals surface area contributed by atoms with E-state index >= 15 is 0 Å². The first kappa shape index (κ1) is 20.0. The van der Waals surface area contributed by atoms with E-state index in [1.165, 1.54) is 5.56 Å². The summed E-state index contributed by atoms with van der Waals surface area (Å²) < 4.78 is 0. The van der Waals surface area contributed by atoms with Crippen LogP contribution in [-0.2, 0) is 0 Å². The molecule has 4 rings (SSSR count). The van der Waals surface area contributed by atoms with Gasteiger partial charge in [0, 0.05) is 15.8 Å². The van der Waals surface area contributed by atoms with Gasteiger partial charge in [-0.3, -0.25) is 4.79 Å². The Morgan fingerprint density at radius 2 is 1.90 bits per heavy atom. The van der Waals surface area contributed by atoms with Gasteiger partial charge in [0.25, 0.3) is 5.91 Å². The number of pyridine rings is 1. The molecular weight excluding hydrogens is 390 g/mol. The lowest BCUT2D eigenvalue weighted by Gasteiger charge is -2.11. The zero-order valence-electron chi connectivity index (χ0n) is 17.2. The standard InChI is InChI=1S/C25H23N3OS/c1-16(2)18-7-9-19(10-8-18)24-14-22(21-13-17(3)6-11-23(21)27-24)25(29)28-26-15-20-5-4-12-30-20/h4-16H,1-3H3,(H,28,29). The summed E-state index contributed by atoms with van der Waals surface area (Å²) >= 11 is 1.57. The highest BCUT2D eigenvalue weighted by molar-refractivity contribution is 7.11. The number of benzene rings is 2. The molecule has 150 valence electrons. The highest BCUT2D eigenvalue weighted by atomic mass is 32.1. The lowest BCUT2D eigenvalue weighted by Crippen LogP contribution is -2.18. The molecule has 30 heavy (non-hydrogen) atoms. The van der Waals surface area contributed by atoms with Crippen LogP contribution in [0.2, 0.25) is 0 Å². The Morgan fingerprint density at radius 1 is 1.10 bits per heavy atom. The van der Waals surface area contributed by atoms with E-state index in [2.05, 4.69) is 48.6 Å². The number of aryl methyl sites for hydroxylation is 1. The van der Waals surface area contributed by atoms with E-state index in [0.29, 0.717) is 11.5 Å². The smallest absolute Gasteiger partial charge is 0.267 e. The van der Waals surface area contributed by atoms with Crippen molar-refractivity contribution in [1.29, 1.82) is 0 Å². The minimum atomic E-state index is -0.249. The maximum Gasteiger partial charge on any atom is 0.272 e. The number of hydrazone groups is 1. The fraction of sp³-hybridized carbons (Fsp3) is 0.160. The number of aromatic nitrogens is 1. The summed E-state index contributed by atoms with van der Waals surface area (Å²) in [7, 11) is 0. The van der Waals surface area contributed by atoms with Crippen LogP contribution in [0.15, 0.2) is 71.1 Å². The molecule has 0 fully saturated rings. The van der Waals surface area contributed by atoms with Gasteiger partial charge in [-0.15, -0.1) is 11.3 Å². The Labute approximate surface area is 180 Å². The van der Waals surface area contributed by atoms with Crippen LogP contribution in [0.3, 0.4) is 0 Å². The van der Waals surface area contributed by atoms with Crippen LogP contribution >= 0.6 is 11.3 Å². The van der Waals surface area contributed by atoms with Crippen molar-refractivity contribution in [2.24, 2.45) is 5.10 Å². The van der Waals surface area contributed by atoms with Gasteiger partial charge in [0.15, 0.2) is 0 Å². The zero-order valence-corrected chi connectivity index (χ0v) is 18.0. The molecule has 0 radical (unpaired) electrons. The van der Waals surface area contributed by atoms with Gasteiger partial charge in [-0.05, 0) is 48.1 Å². The molecule has 0 spiro atoms. The van der Waals surface area contributed by atoms with Crippen LogP contribution in [-0.4, -0.2) is 17.1 Å². The normalized spacial score (nSPS) is 11.5. The van der Waals surface area contributed by atoms with Crippen molar-refractivity contribution in [2.75, 3.05) is 0 Å². The van der Waals surface area contributed by atoms with Crippen molar-refractivity contribution >= 4 is 34.4 Å². The number of fused-ring (bicyclic) bond motifs is 1. The molecule has 4 nitrogen and oxygen atoms in total. The second-order valence-electron chi connectivity index (χ2n) is 7.57. The Balaban J connectivity index is 1.73.